The number of nitro groups is 1. The number of nitrogens with one attached hydrogen (secondary N) is 1. The SMILES string of the molecule is Nc1ccc2n[nH]nc2c1N=Nc1ccc([N+](=O)[O-])c2ccccc12. The number of nitrogens with zero attached hydrogens (tertiary/aromatic N) is 5. The van der Waals surface area contributed by atoms with Gasteiger partial charge in [-0.2, -0.15) is 15.4 Å². The van der Waals surface area contributed by atoms with Gasteiger partial charge in [-0.25, -0.2) is 0 Å². The smallest absolute Gasteiger partial charge is 0.277 e. The van der Waals surface area contributed by atoms with E-state index in [1.807, 2.05) is 0 Å². The Morgan fingerprint density at radius 2 is 1.80 bits per heavy atom. The number of rotatable bonds is 3. The van der Waals surface area contributed by atoms with Crippen molar-refractivity contribution in [3.8, 4) is 0 Å². The lowest BCUT2D eigenvalue weighted by Gasteiger charge is -2.03. The zero-order chi connectivity index (χ0) is 17.4. The maximum atomic E-state index is 11.2. The number of non-ortho nitro benzene ring substituents is 1. The average molecular weight is 333 g/mol. The van der Waals surface area contributed by atoms with Gasteiger partial charge in [-0.15, -0.1) is 10.2 Å². The number of nitrogens with two attached hydrogens (primary N) is 1. The van der Waals surface area contributed by atoms with Gasteiger partial charge in [-0.3, -0.25) is 10.1 Å². The van der Waals surface area contributed by atoms with Crippen LogP contribution < -0.4 is 5.73 Å². The largest absolute Gasteiger partial charge is 0.397 e. The molecule has 9 heteroatoms. The average Bonchev–Trinajstić information content (AvgIpc) is 3.09. The first-order valence-corrected chi connectivity index (χ1v) is 7.32. The molecule has 25 heavy (non-hydrogen) atoms. The highest BCUT2D eigenvalue weighted by Crippen LogP contribution is 2.35. The summed E-state index contributed by atoms with van der Waals surface area (Å²) in [5.74, 6) is 0. The van der Waals surface area contributed by atoms with Crippen molar-refractivity contribution >= 4 is 44.6 Å². The van der Waals surface area contributed by atoms with Crippen LogP contribution in [0.1, 0.15) is 0 Å². The molecule has 0 fully saturated rings. The molecule has 0 unspecified atom stereocenters. The van der Waals surface area contributed by atoms with Gasteiger partial charge in [0.25, 0.3) is 5.69 Å². The van der Waals surface area contributed by atoms with Gasteiger partial charge in [0, 0.05) is 11.5 Å². The van der Waals surface area contributed by atoms with E-state index in [1.165, 1.54) is 6.07 Å². The summed E-state index contributed by atoms with van der Waals surface area (Å²) in [5.41, 5.74) is 8.43. The Labute approximate surface area is 140 Å². The van der Waals surface area contributed by atoms with Crippen LogP contribution in [-0.2, 0) is 0 Å². The molecule has 0 radical (unpaired) electrons. The van der Waals surface area contributed by atoms with Gasteiger partial charge in [0.05, 0.1) is 21.7 Å². The van der Waals surface area contributed by atoms with Crippen molar-refractivity contribution in [3.63, 3.8) is 0 Å². The van der Waals surface area contributed by atoms with Gasteiger partial charge in [-0.05, 0) is 24.3 Å². The van der Waals surface area contributed by atoms with Crippen LogP contribution in [-0.4, -0.2) is 20.3 Å². The van der Waals surface area contributed by atoms with Crippen LogP contribution >= 0.6 is 0 Å². The van der Waals surface area contributed by atoms with Crippen molar-refractivity contribution in [1.29, 1.82) is 0 Å². The lowest BCUT2D eigenvalue weighted by molar-refractivity contribution is -0.383. The maximum absolute atomic E-state index is 11.2. The summed E-state index contributed by atoms with van der Waals surface area (Å²) in [6.45, 7) is 0. The van der Waals surface area contributed by atoms with Crippen LogP contribution in [0.2, 0.25) is 0 Å². The van der Waals surface area contributed by atoms with Crippen molar-refractivity contribution < 1.29 is 4.92 Å². The zero-order valence-corrected chi connectivity index (χ0v) is 12.7. The van der Waals surface area contributed by atoms with Crippen LogP contribution in [0.3, 0.4) is 0 Å². The molecule has 1 heterocycles. The normalized spacial score (nSPS) is 11.5. The molecule has 3 N–H and O–H groups in total. The molecule has 0 atom stereocenters. The summed E-state index contributed by atoms with van der Waals surface area (Å²) in [5, 5.41) is 31.3. The van der Waals surface area contributed by atoms with Crippen molar-refractivity contribution in [2.24, 2.45) is 10.2 Å². The van der Waals surface area contributed by atoms with Gasteiger partial charge in [0.2, 0.25) is 0 Å². The summed E-state index contributed by atoms with van der Waals surface area (Å²) < 4.78 is 0. The van der Waals surface area contributed by atoms with Gasteiger partial charge in [0.1, 0.15) is 16.7 Å². The third-order valence-corrected chi connectivity index (χ3v) is 3.83. The lowest BCUT2D eigenvalue weighted by atomic mass is 10.1. The second-order valence-corrected chi connectivity index (χ2v) is 5.30. The predicted molar refractivity (Wildman–Crippen MR) is 93.1 cm³/mol. The van der Waals surface area contributed by atoms with Gasteiger partial charge in [-0.1, -0.05) is 18.2 Å². The fourth-order valence-electron chi connectivity index (χ4n) is 2.64. The Morgan fingerprint density at radius 1 is 1.00 bits per heavy atom. The molecule has 0 amide bonds. The molecule has 0 spiro atoms. The molecule has 4 aromatic rings. The monoisotopic (exact) mass is 333 g/mol. The van der Waals surface area contributed by atoms with Crippen LogP contribution in [0.15, 0.2) is 58.8 Å². The first-order valence-electron chi connectivity index (χ1n) is 7.32. The summed E-state index contributed by atoms with van der Waals surface area (Å²) in [7, 11) is 0. The summed E-state index contributed by atoms with van der Waals surface area (Å²) in [6, 6.07) is 13.3. The number of benzene rings is 3. The second-order valence-electron chi connectivity index (χ2n) is 5.30. The van der Waals surface area contributed by atoms with Crippen molar-refractivity contribution in [2.45, 2.75) is 0 Å². The van der Waals surface area contributed by atoms with E-state index in [1.54, 1.807) is 42.5 Å². The Kier molecular flexibility index (Phi) is 3.31. The number of aromatic nitrogens is 3. The molecular formula is C16H11N7O2. The van der Waals surface area contributed by atoms with E-state index < -0.39 is 4.92 Å². The highest BCUT2D eigenvalue weighted by atomic mass is 16.6. The lowest BCUT2D eigenvalue weighted by Crippen LogP contribution is -1.89. The first-order chi connectivity index (χ1) is 12.1. The molecular weight excluding hydrogens is 322 g/mol. The number of fused-ring (bicyclic) bond motifs is 2. The van der Waals surface area contributed by atoms with Crippen molar-refractivity contribution in [3.05, 3.63) is 58.6 Å². The molecule has 0 aliphatic rings. The third-order valence-electron chi connectivity index (χ3n) is 3.83. The zero-order valence-electron chi connectivity index (χ0n) is 12.7. The highest BCUT2D eigenvalue weighted by Gasteiger charge is 2.14. The van der Waals surface area contributed by atoms with Crippen LogP contribution in [0.25, 0.3) is 21.8 Å². The van der Waals surface area contributed by atoms with E-state index in [9.17, 15) is 10.1 Å². The van der Waals surface area contributed by atoms with E-state index in [4.69, 9.17) is 5.73 Å². The van der Waals surface area contributed by atoms with Crippen LogP contribution in [0.5, 0.6) is 0 Å². The van der Waals surface area contributed by atoms with Crippen molar-refractivity contribution in [1.82, 2.24) is 15.4 Å². The maximum Gasteiger partial charge on any atom is 0.277 e. The van der Waals surface area contributed by atoms with Gasteiger partial charge < -0.3 is 5.73 Å². The number of nitrogen functional groups attached to an aromatic ring is 1. The van der Waals surface area contributed by atoms with E-state index in [0.717, 1.165) is 0 Å². The van der Waals surface area contributed by atoms with E-state index >= 15 is 0 Å². The van der Waals surface area contributed by atoms with E-state index in [2.05, 4.69) is 25.6 Å². The second kappa shape index (κ2) is 5.64. The number of azo groups is 1. The molecule has 4 rings (SSSR count). The number of hydrogen-bond acceptors (Lipinski definition) is 7. The standard InChI is InChI=1S/C16H11N7O2/c17-11-5-6-13-16(21-22-19-13)15(11)20-18-12-7-8-14(23(24)25)10-4-2-1-3-9(10)12/h1-8H,17H2,(H,19,21,22). The molecule has 0 saturated carbocycles. The topological polar surface area (TPSA) is 135 Å². The Morgan fingerprint density at radius 3 is 2.60 bits per heavy atom. The summed E-state index contributed by atoms with van der Waals surface area (Å²) in [6.07, 6.45) is 0. The first kappa shape index (κ1) is 14.7. The minimum absolute atomic E-state index is 0.0210. The fraction of sp³-hybridized carbons (Fsp3) is 0. The summed E-state index contributed by atoms with van der Waals surface area (Å²) in [4.78, 5) is 10.8. The minimum Gasteiger partial charge on any atom is -0.397 e. The van der Waals surface area contributed by atoms with Crippen LogP contribution in [0, 0.1) is 10.1 Å². The Balaban J connectivity index is 1.87. The molecule has 1 aromatic heterocycles. The number of nitro benzene ring substituents is 1. The predicted octanol–water partition coefficient (Wildman–Crippen LogP) is 4.02. The quantitative estimate of drug-likeness (QED) is 0.252. The van der Waals surface area contributed by atoms with E-state index in [-0.39, 0.29) is 5.69 Å². The Bertz CT molecular complexity index is 1150. The summed E-state index contributed by atoms with van der Waals surface area (Å²) >= 11 is 0. The molecule has 0 aliphatic carbocycles. The number of H-pyrrole nitrogens is 1. The number of hydrogen-bond donors (Lipinski definition) is 2. The molecule has 0 bridgehead atoms. The molecule has 0 saturated heterocycles. The van der Waals surface area contributed by atoms with Crippen LogP contribution in [0.4, 0.5) is 22.7 Å². The van der Waals surface area contributed by atoms with Gasteiger partial charge >= 0.3 is 0 Å². The van der Waals surface area contributed by atoms with Crippen molar-refractivity contribution in [2.75, 3.05) is 5.73 Å². The number of anilines is 1. The highest BCUT2D eigenvalue weighted by molar-refractivity contribution is 5.98. The molecule has 3 aromatic carbocycles. The Hall–Kier alpha value is -3.88. The molecule has 9 nitrogen and oxygen atoms in total. The fourth-order valence-corrected chi connectivity index (χ4v) is 2.64. The third kappa shape index (κ3) is 2.43. The van der Waals surface area contributed by atoms with Gasteiger partial charge in [0.15, 0.2) is 0 Å². The minimum atomic E-state index is -0.419. The van der Waals surface area contributed by atoms with E-state index in [0.29, 0.717) is 38.9 Å². The number of aromatic amines is 1. The molecule has 122 valence electrons. The molecule has 0 aliphatic heterocycles.